The Morgan fingerprint density at radius 2 is 1.84 bits per heavy atom. The molecule has 4 rings (SSSR count). The molecule has 4 aromatic rings. The fraction of sp³-hybridized carbons (Fsp3) is 0.261. The summed E-state index contributed by atoms with van der Waals surface area (Å²) in [7, 11) is 3.71. The first-order valence-electron chi connectivity index (χ1n) is 9.84. The van der Waals surface area contributed by atoms with Crippen LogP contribution in [0.5, 0.6) is 5.75 Å². The molecule has 0 fully saturated rings. The van der Waals surface area contributed by atoms with E-state index in [0.29, 0.717) is 23.2 Å². The first-order chi connectivity index (χ1) is 14.8. The van der Waals surface area contributed by atoms with Gasteiger partial charge in [0.15, 0.2) is 11.6 Å². The van der Waals surface area contributed by atoms with E-state index in [0.717, 1.165) is 33.9 Å². The predicted octanol–water partition coefficient (Wildman–Crippen LogP) is 4.84. The van der Waals surface area contributed by atoms with Crippen LogP contribution < -0.4 is 4.74 Å². The Kier molecular flexibility index (Phi) is 5.58. The first kappa shape index (κ1) is 21.1. The van der Waals surface area contributed by atoms with Crippen molar-refractivity contribution in [3.8, 4) is 16.9 Å². The number of aromatic nitrogens is 4. The smallest absolute Gasteiger partial charge is 0.201 e. The zero-order chi connectivity index (χ0) is 22.3. The summed E-state index contributed by atoms with van der Waals surface area (Å²) < 4.78 is 38.1. The molecule has 0 aliphatic carbocycles. The highest BCUT2D eigenvalue weighted by Crippen LogP contribution is 2.36. The second-order valence-electron chi connectivity index (χ2n) is 7.47. The summed E-state index contributed by atoms with van der Waals surface area (Å²) >= 11 is 5.07. The first-order valence-corrected chi connectivity index (χ1v) is 10.3. The van der Waals surface area contributed by atoms with Crippen LogP contribution in [-0.2, 0) is 20.5 Å². The number of halogens is 2. The molecule has 2 heterocycles. The second kappa shape index (κ2) is 8.19. The maximum absolute atomic E-state index is 14.7. The lowest BCUT2D eigenvalue weighted by atomic mass is 10.0. The molecule has 160 valence electrons. The van der Waals surface area contributed by atoms with Gasteiger partial charge in [-0.1, -0.05) is 18.3 Å². The summed E-state index contributed by atoms with van der Waals surface area (Å²) in [5.74, 6) is -2.06. The van der Waals surface area contributed by atoms with Gasteiger partial charge in [-0.25, -0.2) is 4.39 Å². The van der Waals surface area contributed by atoms with E-state index in [1.165, 1.54) is 11.4 Å². The van der Waals surface area contributed by atoms with E-state index in [-0.39, 0.29) is 12.4 Å². The van der Waals surface area contributed by atoms with Crippen molar-refractivity contribution in [3.63, 3.8) is 0 Å². The van der Waals surface area contributed by atoms with Crippen LogP contribution >= 0.6 is 12.2 Å². The molecule has 2 aromatic heterocycles. The van der Waals surface area contributed by atoms with Crippen LogP contribution in [0.2, 0.25) is 0 Å². The maximum atomic E-state index is 14.7. The Morgan fingerprint density at radius 3 is 2.52 bits per heavy atom. The van der Waals surface area contributed by atoms with Crippen molar-refractivity contribution in [1.29, 1.82) is 0 Å². The minimum Gasteiger partial charge on any atom is -0.489 e. The van der Waals surface area contributed by atoms with Crippen molar-refractivity contribution in [2.24, 2.45) is 14.1 Å². The number of hydrogen-bond donors (Lipinski definition) is 0. The average molecular weight is 441 g/mol. The van der Waals surface area contributed by atoms with Crippen LogP contribution in [0.1, 0.15) is 22.6 Å². The summed E-state index contributed by atoms with van der Waals surface area (Å²) in [6.45, 7) is 4.09. The van der Waals surface area contributed by atoms with Gasteiger partial charge in [0.2, 0.25) is 5.82 Å². The monoisotopic (exact) mass is 440 g/mol. The van der Waals surface area contributed by atoms with Crippen molar-refractivity contribution >= 4 is 28.5 Å². The summed E-state index contributed by atoms with van der Waals surface area (Å²) in [4.78, 5) is 0. The highest BCUT2D eigenvalue weighted by atomic mass is 32.1. The number of nitrogens with zero attached hydrogens (tertiary/aromatic N) is 4. The van der Waals surface area contributed by atoms with Gasteiger partial charge in [-0.2, -0.15) is 14.6 Å². The summed E-state index contributed by atoms with van der Waals surface area (Å²) in [6, 6.07) is 8.23. The normalized spacial score (nSPS) is 11.3. The predicted molar refractivity (Wildman–Crippen MR) is 121 cm³/mol. The number of fused-ring (bicyclic) bond motifs is 1. The topological polar surface area (TPSA) is 44.9 Å². The Hall–Kier alpha value is -3.13. The van der Waals surface area contributed by atoms with Crippen molar-refractivity contribution in [1.82, 2.24) is 19.6 Å². The van der Waals surface area contributed by atoms with E-state index in [1.807, 2.05) is 46.1 Å². The molecule has 2 aromatic carbocycles. The molecule has 8 heteroatoms. The third kappa shape index (κ3) is 3.72. The van der Waals surface area contributed by atoms with E-state index in [4.69, 9.17) is 17.0 Å². The van der Waals surface area contributed by atoms with Gasteiger partial charge < -0.3 is 4.74 Å². The minimum atomic E-state index is -1.00. The molecule has 0 N–H and O–H groups in total. The van der Waals surface area contributed by atoms with E-state index in [2.05, 4.69) is 10.2 Å². The summed E-state index contributed by atoms with van der Waals surface area (Å²) in [5, 5.41) is 11.1. The number of ether oxygens (including phenoxy) is 1. The van der Waals surface area contributed by atoms with Gasteiger partial charge in [-0.3, -0.25) is 9.36 Å². The molecule has 0 bridgehead atoms. The van der Waals surface area contributed by atoms with Crippen molar-refractivity contribution in [2.75, 3.05) is 6.61 Å². The number of rotatable bonds is 6. The molecule has 0 unspecified atom stereocenters. The number of thiocarbonyl (C=S) groups is 1. The molecule has 0 atom stereocenters. The Balaban J connectivity index is 1.70. The Bertz CT molecular complexity index is 1310. The fourth-order valence-electron chi connectivity index (χ4n) is 3.88. The standard InChI is InChI=1S/C23H22F2N4OS/c1-13-16(14(2)28(3)26-13)9-10-30-23-17(6-7-19(24)22(23)25)15-5-8-21-18(11-15)20(12-31)27-29(21)4/h5-8,11-12H,9-10H2,1-4H3. The largest absolute Gasteiger partial charge is 0.489 e. The highest BCUT2D eigenvalue weighted by Gasteiger charge is 2.19. The number of hydrogen-bond acceptors (Lipinski definition) is 4. The minimum absolute atomic E-state index is 0.105. The van der Waals surface area contributed by atoms with Crippen molar-refractivity contribution < 1.29 is 13.5 Å². The second-order valence-corrected chi connectivity index (χ2v) is 7.70. The molecule has 0 saturated heterocycles. The van der Waals surface area contributed by atoms with Crippen molar-refractivity contribution in [2.45, 2.75) is 20.3 Å². The molecule has 0 aliphatic heterocycles. The van der Waals surface area contributed by atoms with Crippen molar-refractivity contribution in [3.05, 3.63) is 64.6 Å². The SMILES string of the molecule is Cc1nn(C)c(C)c1CCOc1c(-c2ccc3c(c2)c(C=S)nn3C)ccc(F)c1F. The van der Waals surface area contributed by atoms with Crippen LogP contribution in [0.25, 0.3) is 22.0 Å². The number of benzene rings is 2. The van der Waals surface area contributed by atoms with Crippen LogP contribution in [0.4, 0.5) is 8.78 Å². The molecule has 0 radical (unpaired) electrons. The molecular formula is C23H22F2N4OS. The Labute approximate surface area is 184 Å². The molecular weight excluding hydrogens is 418 g/mol. The maximum Gasteiger partial charge on any atom is 0.201 e. The van der Waals surface area contributed by atoms with Crippen LogP contribution in [0.15, 0.2) is 30.3 Å². The molecule has 0 spiro atoms. The van der Waals surface area contributed by atoms with Crippen LogP contribution in [0.3, 0.4) is 0 Å². The summed E-state index contributed by atoms with van der Waals surface area (Å²) in [5.41, 5.74) is 5.69. The lowest BCUT2D eigenvalue weighted by molar-refractivity contribution is 0.300. The fourth-order valence-corrected chi connectivity index (χ4v) is 4.06. The third-order valence-corrected chi connectivity index (χ3v) is 5.83. The van der Waals surface area contributed by atoms with Crippen LogP contribution in [-0.4, -0.2) is 31.5 Å². The molecule has 0 amide bonds. The average Bonchev–Trinajstić information content (AvgIpc) is 3.20. The van der Waals surface area contributed by atoms with E-state index < -0.39 is 11.6 Å². The summed E-state index contributed by atoms with van der Waals surface area (Å²) in [6.07, 6.45) is 0.539. The van der Waals surface area contributed by atoms with E-state index in [9.17, 15) is 8.78 Å². The lowest BCUT2D eigenvalue weighted by Gasteiger charge is -2.14. The highest BCUT2D eigenvalue weighted by molar-refractivity contribution is 7.79. The van der Waals surface area contributed by atoms with Gasteiger partial charge in [0.05, 0.1) is 17.8 Å². The molecule has 0 saturated carbocycles. The molecule has 5 nitrogen and oxygen atoms in total. The Morgan fingerprint density at radius 1 is 1.06 bits per heavy atom. The van der Waals surface area contributed by atoms with Crippen LogP contribution in [0, 0.1) is 25.5 Å². The van der Waals surface area contributed by atoms with Gasteiger partial charge >= 0.3 is 0 Å². The quantitative estimate of drug-likeness (QED) is 0.403. The third-order valence-electron chi connectivity index (χ3n) is 5.61. The van der Waals surface area contributed by atoms with E-state index in [1.54, 1.807) is 9.36 Å². The zero-order valence-electron chi connectivity index (χ0n) is 17.7. The number of aryl methyl sites for hydroxylation is 3. The lowest BCUT2D eigenvalue weighted by Crippen LogP contribution is -2.06. The van der Waals surface area contributed by atoms with Gasteiger partial charge in [0, 0.05) is 42.5 Å². The van der Waals surface area contributed by atoms with Gasteiger partial charge in [-0.05, 0) is 49.2 Å². The zero-order valence-corrected chi connectivity index (χ0v) is 18.6. The van der Waals surface area contributed by atoms with Gasteiger partial charge in [0.1, 0.15) is 5.69 Å². The molecule has 31 heavy (non-hydrogen) atoms. The van der Waals surface area contributed by atoms with Gasteiger partial charge in [-0.15, -0.1) is 0 Å². The van der Waals surface area contributed by atoms with E-state index >= 15 is 0 Å². The van der Waals surface area contributed by atoms with Gasteiger partial charge in [0.25, 0.3) is 0 Å². The molecule has 0 aliphatic rings.